The number of hydrogen-bond donors (Lipinski definition) is 1. The molecule has 1 aliphatic heterocycles. The zero-order chi connectivity index (χ0) is 11.1. The van der Waals surface area contributed by atoms with Crippen LogP contribution in [0.15, 0.2) is 18.2 Å². The van der Waals surface area contributed by atoms with Crippen molar-refractivity contribution < 1.29 is 0 Å². The SMILES string of the molecule is Cc1nc2cccc(C)n2c1C1CCCN1. The van der Waals surface area contributed by atoms with Crippen LogP contribution in [0.25, 0.3) is 5.65 Å². The van der Waals surface area contributed by atoms with Gasteiger partial charge in [-0.2, -0.15) is 0 Å². The van der Waals surface area contributed by atoms with Crippen molar-refractivity contribution in [1.82, 2.24) is 14.7 Å². The zero-order valence-corrected chi connectivity index (χ0v) is 9.83. The summed E-state index contributed by atoms with van der Waals surface area (Å²) in [6.07, 6.45) is 2.49. The van der Waals surface area contributed by atoms with Crippen molar-refractivity contribution in [1.29, 1.82) is 0 Å². The van der Waals surface area contributed by atoms with Crippen LogP contribution in [0, 0.1) is 13.8 Å². The molecular formula is C13H17N3. The van der Waals surface area contributed by atoms with E-state index in [1.165, 1.54) is 24.2 Å². The molecule has 3 nitrogen and oxygen atoms in total. The average Bonchev–Trinajstić information content (AvgIpc) is 2.84. The van der Waals surface area contributed by atoms with Crippen molar-refractivity contribution in [2.75, 3.05) is 6.54 Å². The lowest BCUT2D eigenvalue weighted by molar-refractivity contribution is 0.615. The van der Waals surface area contributed by atoms with E-state index in [-0.39, 0.29) is 0 Å². The predicted molar refractivity (Wildman–Crippen MR) is 64.6 cm³/mol. The molecule has 0 amide bonds. The monoisotopic (exact) mass is 215 g/mol. The van der Waals surface area contributed by atoms with Crippen LogP contribution < -0.4 is 5.32 Å². The highest BCUT2D eigenvalue weighted by molar-refractivity contribution is 5.45. The number of pyridine rings is 1. The van der Waals surface area contributed by atoms with Crippen molar-refractivity contribution in [3.63, 3.8) is 0 Å². The number of rotatable bonds is 1. The second-order valence-electron chi connectivity index (χ2n) is 4.59. The fourth-order valence-corrected chi connectivity index (χ4v) is 2.72. The summed E-state index contributed by atoms with van der Waals surface area (Å²) >= 11 is 0. The summed E-state index contributed by atoms with van der Waals surface area (Å²) in [5.41, 5.74) is 4.85. The molecule has 3 rings (SSSR count). The first-order valence-electron chi connectivity index (χ1n) is 5.95. The Morgan fingerprint density at radius 3 is 3.00 bits per heavy atom. The summed E-state index contributed by atoms with van der Waals surface area (Å²) in [5.74, 6) is 0. The molecule has 1 N–H and O–H groups in total. The van der Waals surface area contributed by atoms with Crippen molar-refractivity contribution >= 4 is 5.65 Å². The van der Waals surface area contributed by atoms with Crippen LogP contribution in [0.4, 0.5) is 0 Å². The third-order valence-corrected chi connectivity index (χ3v) is 3.45. The van der Waals surface area contributed by atoms with Crippen LogP contribution in [0.2, 0.25) is 0 Å². The van der Waals surface area contributed by atoms with Crippen LogP contribution in [0.3, 0.4) is 0 Å². The molecule has 16 heavy (non-hydrogen) atoms. The minimum absolute atomic E-state index is 0.482. The first-order valence-corrected chi connectivity index (χ1v) is 5.95. The zero-order valence-electron chi connectivity index (χ0n) is 9.83. The first-order chi connectivity index (χ1) is 7.77. The van der Waals surface area contributed by atoms with E-state index >= 15 is 0 Å². The predicted octanol–water partition coefficient (Wildman–Crippen LogP) is 2.38. The summed E-state index contributed by atoms with van der Waals surface area (Å²) in [4.78, 5) is 4.64. The maximum atomic E-state index is 4.64. The lowest BCUT2D eigenvalue weighted by atomic mass is 10.1. The minimum Gasteiger partial charge on any atom is -0.309 e. The van der Waals surface area contributed by atoms with Gasteiger partial charge in [-0.3, -0.25) is 4.40 Å². The highest BCUT2D eigenvalue weighted by Gasteiger charge is 2.22. The Labute approximate surface area is 95.5 Å². The van der Waals surface area contributed by atoms with Gasteiger partial charge < -0.3 is 5.32 Å². The van der Waals surface area contributed by atoms with Crippen LogP contribution >= 0.6 is 0 Å². The average molecular weight is 215 g/mol. The molecule has 1 atom stereocenters. The van der Waals surface area contributed by atoms with Crippen LogP contribution in [-0.4, -0.2) is 15.9 Å². The summed E-state index contributed by atoms with van der Waals surface area (Å²) in [5, 5.41) is 3.56. The standard InChI is InChI=1S/C13H17N3/c1-9-5-3-7-12-15-10(2)13(16(9)12)11-6-4-8-14-11/h3,5,7,11,14H,4,6,8H2,1-2H3. The van der Waals surface area contributed by atoms with E-state index in [1.54, 1.807) is 0 Å². The summed E-state index contributed by atoms with van der Waals surface area (Å²) in [7, 11) is 0. The normalized spacial score (nSPS) is 20.8. The first kappa shape index (κ1) is 9.85. The van der Waals surface area contributed by atoms with Gasteiger partial charge in [-0.25, -0.2) is 4.98 Å². The molecule has 3 heterocycles. The second kappa shape index (κ2) is 3.59. The Balaban J connectivity index is 2.25. The Morgan fingerprint density at radius 1 is 1.38 bits per heavy atom. The smallest absolute Gasteiger partial charge is 0.137 e. The minimum atomic E-state index is 0.482. The van der Waals surface area contributed by atoms with Crippen molar-refractivity contribution in [2.45, 2.75) is 32.7 Å². The number of nitrogens with zero attached hydrogens (tertiary/aromatic N) is 2. The number of nitrogens with one attached hydrogen (secondary N) is 1. The molecule has 0 radical (unpaired) electrons. The fraction of sp³-hybridized carbons (Fsp3) is 0.462. The molecule has 0 aromatic carbocycles. The highest BCUT2D eigenvalue weighted by Crippen LogP contribution is 2.27. The van der Waals surface area contributed by atoms with Gasteiger partial charge >= 0.3 is 0 Å². The summed E-state index contributed by atoms with van der Waals surface area (Å²) in [6.45, 7) is 5.39. The van der Waals surface area contributed by atoms with E-state index in [0.717, 1.165) is 17.9 Å². The molecule has 0 bridgehead atoms. The van der Waals surface area contributed by atoms with Gasteiger partial charge in [-0.05, 0) is 45.4 Å². The van der Waals surface area contributed by atoms with Crippen molar-refractivity contribution in [2.24, 2.45) is 0 Å². The topological polar surface area (TPSA) is 29.3 Å². The molecule has 1 unspecified atom stereocenters. The number of imidazole rings is 1. The molecule has 2 aromatic heterocycles. The van der Waals surface area contributed by atoms with E-state index in [4.69, 9.17) is 0 Å². The van der Waals surface area contributed by atoms with E-state index in [0.29, 0.717) is 6.04 Å². The van der Waals surface area contributed by atoms with Gasteiger partial charge in [0, 0.05) is 11.7 Å². The molecule has 1 saturated heterocycles. The van der Waals surface area contributed by atoms with E-state index in [1.807, 2.05) is 0 Å². The van der Waals surface area contributed by atoms with Crippen molar-refractivity contribution in [3.05, 3.63) is 35.3 Å². The van der Waals surface area contributed by atoms with Gasteiger partial charge in [0.15, 0.2) is 0 Å². The fourth-order valence-electron chi connectivity index (χ4n) is 2.72. The number of fused-ring (bicyclic) bond motifs is 1. The number of aromatic nitrogens is 2. The molecule has 1 aliphatic rings. The van der Waals surface area contributed by atoms with E-state index < -0.39 is 0 Å². The third kappa shape index (κ3) is 1.35. The van der Waals surface area contributed by atoms with Crippen LogP contribution in [0.5, 0.6) is 0 Å². The van der Waals surface area contributed by atoms with Gasteiger partial charge in [-0.1, -0.05) is 6.07 Å². The Bertz CT molecular complexity index is 521. The lowest BCUT2D eigenvalue weighted by Gasteiger charge is -2.13. The largest absolute Gasteiger partial charge is 0.309 e. The van der Waals surface area contributed by atoms with E-state index in [9.17, 15) is 0 Å². The molecule has 3 heteroatoms. The second-order valence-corrected chi connectivity index (χ2v) is 4.59. The molecule has 1 fully saturated rings. The Morgan fingerprint density at radius 2 is 2.25 bits per heavy atom. The molecule has 84 valence electrons. The molecule has 0 spiro atoms. The number of aryl methyl sites for hydroxylation is 2. The molecular weight excluding hydrogens is 198 g/mol. The Kier molecular flexibility index (Phi) is 2.21. The summed E-state index contributed by atoms with van der Waals surface area (Å²) in [6, 6.07) is 6.78. The van der Waals surface area contributed by atoms with Crippen molar-refractivity contribution in [3.8, 4) is 0 Å². The van der Waals surface area contributed by atoms with Gasteiger partial charge in [0.1, 0.15) is 5.65 Å². The van der Waals surface area contributed by atoms with Gasteiger partial charge in [-0.15, -0.1) is 0 Å². The summed E-state index contributed by atoms with van der Waals surface area (Å²) < 4.78 is 2.29. The maximum absolute atomic E-state index is 4.64. The third-order valence-electron chi connectivity index (χ3n) is 3.45. The van der Waals surface area contributed by atoms with E-state index in [2.05, 4.69) is 46.7 Å². The van der Waals surface area contributed by atoms with Gasteiger partial charge in [0.2, 0.25) is 0 Å². The highest BCUT2D eigenvalue weighted by atomic mass is 15.1. The van der Waals surface area contributed by atoms with Gasteiger partial charge in [0.25, 0.3) is 0 Å². The molecule has 2 aromatic rings. The quantitative estimate of drug-likeness (QED) is 0.791. The van der Waals surface area contributed by atoms with Crippen LogP contribution in [0.1, 0.15) is 36.0 Å². The molecule has 0 saturated carbocycles. The maximum Gasteiger partial charge on any atom is 0.137 e. The number of hydrogen-bond acceptors (Lipinski definition) is 2. The van der Waals surface area contributed by atoms with Crippen LogP contribution in [-0.2, 0) is 0 Å². The lowest BCUT2D eigenvalue weighted by Crippen LogP contribution is -2.16. The van der Waals surface area contributed by atoms with Gasteiger partial charge in [0.05, 0.1) is 11.4 Å². The Hall–Kier alpha value is -1.35. The molecule has 0 aliphatic carbocycles.